The molecule has 2 unspecified atom stereocenters. The lowest BCUT2D eigenvalue weighted by Gasteiger charge is -2.22. The van der Waals surface area contributed by atoms with Crippen LogP contribution >= 0.6 is 15.9 Å². The van der Waals surface area contributed by atoms with E-state index in [0.29, 0.717) is 12.0 Å². The van der Waals surface area contributed by atoms with E-state index in [1.807, 2.05) is 13.1 Å². The molecule has 0 aromatic heterocycles. The first-order valence-electron chi connectivity index (χ1n) is 5.89. The van der Waals surface area contributed by atoms with Crippen LogP contribution in [0.15, 0.2) is 22.7 Å². The lowest BCUT2D eigenvalue weighted by molar-refractivity contribution is 0.177. The topological polar surface area (TPSA) is 21.3 Å². The summed E-state index contributed by atoms with van der Waals surface area (Å²) in [5, 5.41) is 3.34. The number of hydrogen-bond donors (Lipinski definition) is 1. The Bertz CT molecular complexity index is 380. The average Bonchev–Trinajstić information content (AvgIpc) is 2.81. The maximum atomic E-state index is 13.0. The minimum atomic E-state index is -0.203. The van der Waals surface area contributed by atoms with Gasteiger partial charge in [0, 0.05) is 23.0 Å². The Hall–Kier alpha value is -0.450. The number of rotatable bonds is 4. The predicted molar refractivity (Wildman–Crippen MR) is 69.6 cm³/mol. The van der Waals surface area contributed by atoms with E-state index in [1.165, 1.54) is 12.1 Å². The molecule has 1 aliphatic heterocycles. The van der Waals surface area contributed by atoms with Crippen molar-refractivity contribution in [3.63, 3.8) is 0 Å². The van der Waals surface area contributed by atoms with Crippen LogP contribution < -0.4 is 5.32 Å². The van der Waals surface area contributed by atoms with Gasteiger partial charge in [0.15, 0.2) is 0 Å². The smallest absolute Gasteiger partial charge is 0.124 e. The zero-order valence-corrected chi connectivity index (χ0v) is 11.5. The maximum absolute atomic E-state index is 13.0. The van der Waals surface area contributed by atoms with E-state index in [1.54, 1.807) is 0 Å². The summed E-state index contributed by atoms with van der Waals surface area (Å²) >= 11 is 3.41. The predicted octanol–water partition coefficient (Wildman–Crippen LogP) is 2.76. The fraction of sp³-hybridized carbons (Fsp3) is 0.538. The SMILES string of the molecule is CNC(Cc1ccc(F)cc1Br)C1CCOC1. The van der Waals surface area contributed by atoms with Crippen LogP contribution in [0.1, 0.15) is 12.0 Å². The van der Waals surface area contributed by atoms with Crippen LogP contribution in [0, 0.1) is 11.7 Å². The molecule has 1 aliphatic rings. The van der Waals surface area contributed by atoms with Crippen molar-refractivity contribution < 1.29 is 9.13 Å². The first-order valence-corrected chi connectivity index (χ1v) is 6.69. The highest BCUT2D eigenvalue weighted by molar-refractivity contribution is 9.10. The average molecular weight is 302 g/mol. The van der Waals surface area contributed by atoms with Crippen LogP contribution in [0.2, 0.25) is 0 Å². The highest BCUT2D eigenvalue weighted by Gasteiger charge is 2.25. The second-order valence-electron chi connectivity index (χ2n) is 4.46. The van der Waals surface area contributed by atoms with Gasteiger partial charge in [-0.3, -0.25) is 0 Å². The third kappa shape index (κ3) is 3.27. The lowest BCUT2D eigenvalue weighted by Crippen LogP contribution is -2.36. The second kappa shape index (κ2) is 5.94. The molecule has 1 N–H and O–H groups in total. The molecule has 0 bridgehead atoms. The van der Waals surface area contributed by atoms with E-state index in [2.05, 4.69) is 21.2 Å². The molecule has 17 heavy (non-hydrogen) atoms. The molecule has 0 spiro atoms. The Balaban J connectivity index is 2.06. The van der Waals surface area contributed by atoms with E-state index in [9.17, 15) is 4.39 Å². The van der Waals surface area contributed by atoms with Crippen LogP contribution in [0.3, 0.4) is 0 Å². The van der Waals surface area contributed by atoms with E-state index in [-0.39, 0.29) is 5.82 Å². The Labute approximate surface area is 110 Å². The third-order valence-corrected chi connectivity index (χ3v) is 4.10. The first kappa shape index (κ1) is 13.0. The molecule has 1 saturated heterocycles. The van der Waals surface area contributed by atoms with E-state index in [0.717, 1.165) is 36.1 Å². The zero-order chi connectivity index (χ0) is 12.3. The fourth-order valence-corrected chi connectivity index (χ4v) is 2.81. The molecule has 1 heterocycles. The van der Waals surface area contributed by atoms with Crippen molar-refractivity contribution in [2.45, 2.75) is 18.9 Å². The van der Waals surface area contributed by atoms with Gasteiger partial charge in [0.1, 0.15) is 5.82 Å². The molecule has 0 radical (unpaired) electrons. The molecule has 1 fully saturated rings. The summed E-state index contributed by atoms with van der Waals surface area (Å²) in [6, 6.07) is 5.27. The summed E-state index contributed by atoms with van der Waals surface area (Å²) in [7, 11) is 1.97. The van der Waals surface area contributed by atoms with Gasteiger partial charge < -0.3 is 10.1 Å². The zero-order valence-electron chi connectivity index (χ0n) is 9.88. The molecule has 1 aromatic rings. The highest BCUT2D eigenvalue weighted by atomic mass is 79.9. The molecule has 4 heteroatoms. The fourth-order valence-electron chi connectivity index (χ4n) is 2.30. The van der Waals surface area contributed by atoms with Gasteiger partial charge in [0.05, 0.1) is 6.61 Å². The van der Waals surface area contributed by atoms with E-state index in [4.69, 9.17) is 4.74 Å². The quantitative estimate of drug-likeness (QED) is 0.923. The van der Waals surface area contributed by atoms with Crippen molar-refractivity contribution in [3.05, 3.63) is 34.1 Å². The van der Waals surface area contributed by atoms with Gasteiger partial charge in [-0.25, -0.2) is 4.39 Å². The molecule has 2 nitrogen and oxygen atoms in total. The normalized spacial score (nSPS) is 21.7. The summed E-state index contributed by atoms with van der Waals surface area (Å²) in [6.07, 6.45) is 2.00. The van der Waals surface area contributed by atoms with E-state index >= 15 is 0 Å². The van der Waals surface area contributed by atoms with Crippen LogP contribution in [-0.2, 0) is 11.2 Å². The van der Waals surface area contributed by atoms with Crippen LogP contribution in [-0.4, -0.2) is 26.3 Å². The first-order chi connectivity index (χ1) is 8.20. The van der Waals surface area contributed by atoms with Crippen molar-refractivity contribution in [3.8, 4) is 0 Å². The molecule has 94 valence electrons. The Morgan fingerprint density at radius 1 is 1.59 bits per heavy atom. The highest BCUT2D eigenvalue weighted by Crippen LogP contribution is 2.24. The molecule has 2 atom stereocenters. The summed E-state index contributed by atoms with van der Waals surface area (Å²) < 4.78 is 19.3. The summed E-state index contributed by atoms with van der Waals surface area (Å²) in [6.45, 7) is 1.68. The van der Waals surface area contributed by atoms with Gasteiger partial charge in [-0.15, -0.1) is 0 Å². The van der Waals surface area contributed by atoms with Crippen LogP contribution in [0.25, 0.3) is 0 Å². The molecule has 0 saturated carbocycles. The summed E-state index contributed by atoms with van der Waals surface area (Å²) in [5.41, 5.74) is 1.14. The molecular formula is C13H17BrFNO. The van der Waals surface area contributed by atoms with Gasteiger partial charge in [-0.1, -0.05) is 22.0 Å². The Kier molecular flexibility index (Phi) is 4.54. The van der Waals surface area contributed by atoms with Gasteiger partial charge >= 0.3 is 0 Å². The maximum Gasteiger partial charge on any atom is 0.124 e. The van der Waals surface area contributed by atoms with Gasteiger partial charge in [-0.05, 0) is 37.6 Å². The van der Waals surface area contributed by atoms with Crippen molar-refractivity contribution in [1.82, 2.24) is 5.32 Å². The number of likely N-dealkylation sites (N-methyl/N-ethyl adjacent to an activating group) is 1. The number of ether oxygens (including phenoxy) is 1. The van der Waals surface area contributed by atoms with Crippen molar-refractivity contribution in [2.24, 2.45) is 5.92 Å². The van der Waals surface area contributed by atoms with E-state index < -0.39 is 0 Å². The molecule has 0 amide bonds. The third-order valence-electron chi connectivity index (χ3n) is 3.36. The van der Waals surface area contributed by atoms with Crippen molar-refractivity contribution in [2.75, 3.05) is 20.3 Å². The number of halogens is 2. The molecular weight excluding hydrogens is 285 g/mol. The molecule has 1 aromatic carbocycles. The van der Waals surface area contributed by atoms with Gasteiger partial charge in [-0.2, -0.15) is 0 Å². The summed E-state index contributed by atoms with van der Waals surface area (Å²) in [5.74, 6) is 0.350. The standard InChI is InChI=1S/C13H17BrFNO/c1-16-13(10-4-5-17-8-10)6-9-2-3-11(15)7-12(9)14/h2-3,7,10,13,16H,4-6,8H2,1H3. The Morgan fingerprint density at radius 2 is 2.41 bits per heavy atom. The number of nitrogens with one attached hydrogen (secondary N) is 1. The van der Waals surface area contributed by atoms with Crippen LogP contribution in [0.5, 0.6) is 0 Å². The molecule has 0 aliphatic carbocycles. The second-order valence-corrected chi connectivity index (χ2v) is 5.31. The van der Waals surface area contributed by atoms with Gasteiger partial charge in [0.2, 0.25) is 0 Å². The summed E-state index contributed by atoms with van der Waals surface area (Å²) in [4.78, 5) is 0. The lowest BCUT2D eigenvalue weighted by atomic mass is 9.93. The minimum Gasteiger partial charge on any atom is -0.381 e. The largest absolute Gasteiger partial charge is 0.381 e. The minimum absolute atomic E-state index is 0.203. The monoisotopic (exact) mass is 301 g/mol. The van der Waals surface area contributed by atoms with Crippen molar-refractivity contribution >= 4 is 15.9 Å². The number of hydrogen-bond acceptors (Lipinski definition) is 2. The van der Waals surface area contributed by atoms with Crippen molar-refractivity contribution in [1.29, 1.82) is 0 Å². The molecule has 2 rings (SSSR count). The van der Waals surface area contributed by atoms with Crippen LogP contribution in [0.4, 0.5) is 4.39 Å². The van der Waals surface area contributed by atoms with Gasteiger partial charge in [0.25, 0.3) is 0 Å². The Morgan fingerprint density at radius 3 is 3.00 bits per heavy atom. The number of benzene rings is 1.